The van der Waals surface area contributed by atoms with Crippen molar-refractivity contribution < 1.29 is 29.1 Å². The Morgan fingerprint density at radius 2 is 1.27 bits per heavy atom. The highest BCUT2D eigenvalue weighted by molar-refractivity contribution is 5.95. The third-order valence-electron chi connectivity index (χ3n) is 7.73. The summed E-state index contributed by atoms with van der Waals surface area (Å²) < 4.78 is 0. The molecule has 45 heavy (non-hydrogen) atoms. The van der Waals surface area contributed by atoms with Crippen LogP contribution in [0.2, 0.25) is 0 Å². The first-order valence-corrected chi connectivity index (χ1v) is 14.7. The molecule has 0 aliphatic rings. The Hall–Kier alpha value is -5.17. The molecule has 238 valence electrons. The van der Waals surface area contributed by atoms with Crippen LogP contribution in [0.4, 0.5) is 0 Å². The van der Waals surface area contributed by atoms with Gasteiger partial charge in [-0.25, -0.2) is 4.79 Å². The topological polar surface area (TPSA) is 225 Å². The van der Waals surface area contributed by atoms with Crippen LogP contribution in [-0.2, 0) is 36.8 Å². The number of hydrogen-bond donors (Lipinski definition) is 8. The van der Waals surface area contributed by atoms with Gasteiger partial charge < -0.3 is 42.5 Å². The number of carboxylic acid groups (broad SMARTS) is 1. The van der Waals surface area contributed by atoms with E-state index >= 15 is 0 Å². The second-order valence-corrected chi connectivity index (χ2v) is 11.4. The summed E-state index contributed by atoms with van der Waals surface area (Å²) in [7, 11) is 0. The van der Waals surface area contributed by atoms with Gasteiger partial charge in [0.1, 0.15) is 18.1 Å². The standard InChI is InChI=1S/C32H39N7O6/c1-17(2)28(39-29(41)22(33)11-12-27(34)40)31(43)37-25(13-18-15-35-23-9-5-3-7-20(18)23)30(42)38-26(32(44)45)14-19-16-36-24-10-6-4-8-21(19)24/h3-10,15-17,22,25-26,28,35-36H,11-14,33H2,1-2H3,(H2,34,40)(H,37,43)(H,38,42)(H,39,41)(H,44,45). The summed E-state index contributed by atoms with van der Waals surface area (Å²) in [6.07, 6.45) is 3.40. The highest BCUT2D eigenvalue weighted by Crippen LogP contribution is 2.21. The van der Waals surface area contributed by atoms with Gasteiger partial charge in [-0.3, -0.25) is 19.2 Å². The van der Waals surface area contributed by atoms with E-state index in [9.17, 15) is 29.1 Å². The molecule has 0 fully saturated rings. The largest absolute Gasteiger partial charge is 0.480 e. The van der Waals surface area contributed by atoms with Crippen LogP contribution in [0, 0.1) is 5.92 Å². The Morgan fingerprint density at radius 1 is 0.756 bits per heavy atom. The van der Waals surface area contributed by atoms with Crippen molar-refractivity contribution in [3.05, 3.63) is 72.1 Å². The van der Waals surface area contributed by atoms with Gasteiger partial charge in [-0.15, -0.1) is 0 Å². The Labute approximate surface area is 259 Å². The average Bonchev–Trinajstić information content (AvgIpc) is 3.61. The predicted molar refractivity (Wildman–Crippen MR) is 169 cm³/mol. The third kappa shape index (κ3) is 8.26. The van der Waals surface area contributed by atoms with Crippen molar-refractivity contribution in [2.75, 3.05) is 0 Å². The van der Waals surface area contributed by atoms with Crippen molar-refractivity contribution in [1.82, 2.24) is 25.9 Å². The van der Waals surface area contributed by atoms with Crippen LogP contribution < -0.4 is 27.4 Å². The fraction of sp³-hybridized carbons (Fsp3) is 0.344. The molecule has 10 N–H and O–H groups in total. The lowest BCUT2D eigenvalue weighted by atomic mass is 9.99. The van der Waals surface area contributed by atoms with E-state index in [-0.39, 0.29) is 25.7 Å². The van der Waals surface area contributed by atoms with Crippen molar-refractivity contribution >= 4 is 51.4 Å². The van der Waals surface area contributed by atoms with Crippen molar-refractivity contribution in [2.45, 2.75) is 63.7 Å². The first-order chi connectivity index (χ1) is 21.4. The van der Waals surface area contributed by atoms with E-state index in [0.717, 1.165) is 27.4 Å². The van der Waals surface area contributed by atoms with E-state index in [4.69, 9.17) is 11.5 Å². The van der Waals surface area contributed by atoms with Gasteiger partial charge in [0.25, 0.3) is 0 Å². The lowest BCUT2D eigenvalue weighted by molar-refractivity contribution is -0.142. The summed E-state index contributed by atoms with van der Waals surface area (Å²) in [5, 5.41) is 19.7. The quantitative estimate of drug-likeness (QED) is 0.0972. The zero-order valence-electron chi connectivity index (χ0n) is 25.1. The van der Waals surface area contributed by atoms with Crippen molar-refractivity contribution in [1.29, 1.82) is 0 Å². The van der Waals surface area contributed by atoms with E-state index in [1.54, 1.807) is 26.2 Å². The van der Waals surface area contributed by atoms with E-state index in [1.165, 1.54) is 0 Å². The molecule has 13 heteroatoms. The normalized spacial score (nSPS) is 14.0. The lowest BCUT2D eigenvalue weighted by Gasteiger charge is -2.27. The molecule has 0 saturated heterocycles. The zero-order valence-corrected chi connectivity index (χ0v) is 25.1. The number of carbonyl (C=O) groups excluding carboxylic acids is 4. The number of aliphatic carboxylic acids is 1. The maximum absolute atomic E-state index is 13.8. The Kier molecular flexibility index (Phi) is 10.6. The van der Waals surface area contributed by atoms with Crippen LogP contribution in [0.1, 0.15) is 37.8 Å². The fourth-order valence-corrected chi connectivity index (χ4v) is 5.21. The molecule has 2 aromatic carbocycles. The van der Waals surface area contributed by atoms with Crippen LogP contribution in [0.25, 0.3) is 21.8 Å². The summed E-state index contributed by atoms with van der Waals surface area (Å²) in [5.41, 5.74) is 14.2. The molecule has 0 aliphatic carbocycles. The minimum absolute atomic E-state index is 0.00615. The minimum atomic E-state index is -1.29. The molecule has 2 heterocycles. The molecule has 4 atom stereocenters. The molecule has 0 bridgehead atoms. The number of primary amides is 1. The molecule has 0 aliphatic heterocycles. The number of aromatic nitrogens is 2. The lowest BCUT2D eigenvalue weighted by Crippen LogP contribution is -2.59. The maximum atomic E-state index is 13.8. The number of benzene rings is 2. The molecule has 0 spiro atoms. The first-order valence-electron chi connectivity index (χ1n) is 14.7. The molecule has 13 nitrogen and oxygen atoms in total. The van der Waals surface area contributed by atoms with Gasteiger partial charge in [0, 0.05) is 53.5 Å². The SMILES string of the molecule is CC(C)C(NC(=O)C(N)CCC(N)=O)C(=O)NC(Cc1c[nH]c2ccccc12)C(=O)NC(Cc1c[nH]c2ccccc12)C(=O)O. The smallest absolute Gasteiger partial charge is 0.326 e. The van der Waals surface area contributed by atoms with E-state index in [0.29, 0.717) is 5.56 Å². The van der Waals surface area contributed by atoms with Gasteiger partial charge in [-0.2, -0.15) is 0 Å². The van der Waals surface area contributed by atoms with Crippen molar-refractivity contribution in [3.8, 4) is 0 Å². The summed E-state index contributed by atoms with van der Waals surface area (Å²) in [6, 6.07) is 10.3. The second kappa shape index (κ2) is 14.5. The summed E-state index contributed by atoms with van der Waals surface area (Å²) in [6.45, 7) is 3.44. The highest BCUT2D eigenvalue weighted by atomic mass is 16.4. The number of carbonyl (C=O) groups is 5. The number of para-hydroxylation sites is 2. The van der Waals surface area contributed by atoms with Gasteiger partial charge in [-0.1, -0.05) is 50.2 Å². The number of nitrogens with one attached hydrogen (secondary N) is 5. The predicted octanol–water partition coefficient (Wildman–Crippen LogP) is 1.22. The molecule has 4 amide bonds. The summed E-state index contributed by atoms with van der Waals surface area (Å²) in [5.74, 6) is -4.23. The van der Waals surface area contributed by atoms with Gasteiger partial charge in [0.2, 0.25) is 23.6 Å². The number of fused-ring (bicyclic) bond motifs is 2. The average molecular weight is 618 g/mol. The molecule has 4 aromatic rings. The Morgan fingerprint density at radius 3 is 1.78 bits per heavy atom. The highest BCUT2D eigenvalue weighted by Gasteiger charge is 2.32. The molecule has 4 unspecified atom stereocenters. The summed E-state index contributed by atoms with van der Waals surface area (Å²) in [4.78, 5) is 69.8. The molecule has 0 radical (unpaired) electrons. The van der Waals surface area contributed by atoms with Gasteiger partial charge in [0.15, 0.2) is 0 Å². The first kappa shape index (κ1) is 32.7. The van der Waals surface area contributed by atoms with Crippen LogP contribution in [0.5, 0.6) is 0 Å². The Bertz CT molecular complexity index is 1690. The molecule has 4 rings (SSSR count). The van der Waals surface area contributed by atoms with Crippen LogP contribution in [-0.4, -0.2) is 68.8 Å². The number of aromatic amines is 2. The van der Waals surface area contributed by atoms with E-state index in [1.807, 2.05) is 48.5 Å². The molecular formula is C32H39N7O6. The van der Waals surface area contributed by atoms with Crippen LogP contribution in [0.15, 0.2) is 60.9 Å². The summed E-state index contributed by atoms with van der Waals surface area (Å²) >= 11 is 0. The fourth-order valence-electron chi connectivity index (χ4n) is 5.21. The number of H-pyrrole nitrogens is 2. The number of carboxylic acids is 1. The third-order valence-corrected chi connectivity index (χ3v) is 7.73. The number of amides is 4. The minimum Gasteiger partial charge on any atom is -0.480 e. The van der Waals surface area contributed by atoms with Crippen LogP contribution >= 0.6 is 0 Å². The number of rotatable bonds is 15. The molecular weight excluding hydrogens is 578 g/mol. The van der Waals surface area contributed by atoms with Gasteiger partial charge in [-0.05, 0) is 35.6 Å². The van der Waals surface area contributed by atoms with Crippen molar-refractivity contribution in [3.63, 3.8) is 0 Å². The zero-order chi connectivity index (χ0) is 32.7. The monoisotopic (exact) mass is 617 g/mol. The Balaban J connectivity index is 1.56. The number of nitrogens with two attached hydrogens (primary N) is 2. The van der Waals surface area contributed by atoms with E-state index in [2.05, 4.69) is 25.9 Å². The van der Waals surface area contributed by atoms with Crippen LogP contribution in [0.3, 0.4) is 0 Å². The second-order valence-electron chi connectivity index (χ2n) is 11.4. The van der Waals surface area contributed by atoms with Gasteiger partial charge in [0.05, 0.1) is 6.04 Å². The number of hydrogen-bond acceptors (Lipinski definition) is 6. The molecule has 0 saturated carbocycles. The molecule has 2 aromatic heterocycles. The maximum Gasteiger partial charge on any atom is 0.326 e. The van der Waals surface area contributed by atoms with Gasteiger partial charge >= 0.3 is 5.97 Å². The van der Waals surface area contributed by atoms with E-state index < -0.39 is 59.7 Å². The van der Waals surface area contributed by atoms with Crippen molar-refractivity contribution in [2.24, 2.45) is 17.4 Å².